The van der Waals surface area contributed by atoms with Crippen molar-refractivity contribution in [2.24, 2.45) is 7.05 Å². The number of aromatic nitrogens is 3. The lowest BCUT2D eigenvalue weighted by atomic mass is 10.4. The third-order valence-corrected chi connectivity index (χ3v) is 4.48. The Labute approximate surface area is 125 Å². The van der Waals surface area contributed by atoms with Crippen LogP contribution < -0.4 is 10.0 Å². The molecule has 2 aromatic heterocycles. The largest absolute Gasteiger partial charge is 0.352 e. The van der Waals surface area contributed by atoms with E-state index in [0.29, 0.717) is 12.2 Å². The van der Waals surface area contributed by atoms with E-state index in [0.717, 1.165) is 5.69 Å². The highest BCUT2D eigenvalue weighted by Crippen LogP contribution is 2.18. The van der Waals surface area contributed by atoms with Gasteiger partial charge in [0.05, 0.1) is 11.9 Å². The Morgan fingerprint density at radius 3 is 2.62 bits per heavy atom. The first kappa shape index (κ1) is 15.6. The van der Waals surface area contributed by atoms with Gasteiger partial charge in [-0.2, -0.15) is 5.10 Å². The average Bonchev–Trinajstić information content (AvgIpc) is 2.98. The minimum absolute atomic E-state index is 0.183. The lowest BCUT2D eigenvalue weighted by Gasteiger charge is -2.04. The van der Waals surface area contributed by atoms with E-state index < -0.39 is 10.0 Å². The first-order valence-corrected chi connectivity index (χ1v) is 8.18. The summed E-state index contributed by atoms with van der Waals surface area (Å²) in [7, 11) is 0.0435. The summed E-state index contributed by atoms with van der Waals surface area (Å²) in [5, 5.41) is 7.13. The Morgan fingerprint density at radius 2 is 2.05 bits per heavy atom. The minimum Gasteiger partial charge on any atom is -0.352 e. The van der Waals surface area contributed by atoms with Gasteiger partial charge in [-0.3, -0.25) is 9.40 Å². The van der Waals surface area contributed by atoms with Crippen molar-refractivity contribution in [3.05, 3.63) is 30.4 Å². The second-order valence-corrected chi connectivity index (χ2v) is 6.90. The van der Waals surface area contributed by atoms with Crippen LogP contribution in [-0.2, 0) is 23.6 Å². The summed E-state index contributed by atoms with van der Waals surface area (Å²) < 4.78 is 30.8. The summed E-state index contributed by atoms with van der Waals surface area (Å²) in [4.78, 5) is 0.243. The molecule has 0 aliphatic heterocycles. The molecule has 0 spiro atoms. The molecule has 116 valence electrons. The molecule has 0 fully saturated rings. The fourth-order valence-electron chi connectivity index (χ4n) is 1.97. The number of aryl methyl sites for hydroxylation is 1. The molecule has 2 rings (SSSR count). The number of hydrogen-bond acceptors (Lipinski definition) is 4. The van der Waals surface area contributed by atoms with E-state index in [-0.39, 0.29) is 10.9 Å². The molecule has 0 amide bonds. The predicted molar refractivity (Wildman–Crippen MR) is 81.6 cm³/mol. The quantitative estimate of drug-likeness (QED) is 0.843. The SMILES string of the molecule is CNCc1cc(S(=O)(=O)Nc2cnn(C(C)C)c2)cn1C. The first-order chi connectivity index (χ1) is 9.83. The van der Waals surface area contributed by atoms with Crippen molar-refractivity contribution in [3.8, 4) is 0 Å². The van der Waals surface area contributed by atoms with E-state index in [9.17, 15) is 8.42 Å². The number of hydrogen-bond donors (Lipinski definition) is 2. The molecule has 0 aliphatic carbocycles. The molecule has 0 atom stereocenters. The van der Waals surface area contributed by atoms with Crippen LogP contribution in [0.25, 0.3) is 0 Å². The van der Waals surface area contributed by atoms with Crippen LogP contribution in [-0.4, -0.2) is 29.8 Å². The maximum atomic E-state index is 12.4. The summed E-state index contributed by atoms with van der Waals surface area (Å²) in [6, 6.07) is 1.84. The molecule has 7 nitrogen and oxygen atoms in total. The second-order valence-electron chi connectivity index (χ2n) is 5.22. The third-order valence-electron chi connectivity index (χ3n) is 3.13. The molecule has 0 bridgehead atoms. The van der Waals surface area contributed by atoms with Gasteiger partial charge in [-0.1, -0.05) is 0 Å². The summed E-state index contributed by atoms with van der Waals surface area (Å²) in [6.07, 6.45) is 4.79. The van der Waals surface area contributed by atoms with Crippen molar-refractivity contribution in [2.75, 3.05) is 11.8 Å². The number of anilines is 1. The Hall–Kier alpha value is -1.80. The van der Waals surface area contributed by atoms with Gasteiger partial charge in [0.15, 0.2) is 0 Å². The fraction of sp³-hybridized carbons (Fsp3) is 0.462. The minimum atomic E-state index is -3.60. The van der Waals surface area contributed by atoms with Crippen LogP contribution in [0.4, 0.5) is 5.69 Å². The van der Waals surface area contributed by atoms with E-state index in [1.165, 1.54) is 6.20 Å². The van der Waals surface area contributed by atoms with E-state index in [1.807, 2.05) is 27.9 Å². The Bertz CT molecular complexity index is 715. The van der Waals surface area contributed by atoms with Gasteiger partial charge in [0.25, 0.3) is 10.0 Å². The standard InChI is InChI=1S/C13H21N5O2S/c1-10(2)18-8-11(6-15-18)16-21(19,20)13-5-12(7-14-3)17(4)9-13/h5-6,8-10,14,16H,7H2,1-4H3. The molecule has 0 saturated heterocycles. The van der Waals surface area contributed by atoms with Crippen LogP contribution in [0, 0.1) is 0 Å². The summed E-state index contributed by atoms with van der Waals surface area (Å²) in [5.41, 5.74) is 1.36. The molecule has 2 aromatic rings. The maximum absolute atomic E-state index is 12.4. The highest BCUT2D eigenvalue weighted by atomic mass is 32.2. The van der Waals surface area contributed by atoms with Gasteiger partial charge in [0.1, 0.15) is 4.90 Å². The molecule has 2 heterocycles. The van der Waals surface area contributed by atoms with Crippen LogP contribution in [0.15, 0.2) is 29.6 Å². The zero-order valence-electron chi connectivity index (χ0n) is 12.7. The average molecular weight is 311 g/mol. The Morgan fingerprint density at radius 1 is 1.33 bits per heavy atom. The van der Waals surface area contributed by atoms with Gasteiger partial charge < -0.3 is 9.88 Å². The lowest BCUT2D eigenvalue weighted by molar-refractivity contribution is 0.532. The van der Waals surface area contributed by atoms with E-state index in [1.54, 1.807) is 27.7 Å². The molecular formula is C13H21N5O2S. The van der Waals surface area contributed by atoms with Crippen molar-refractivity contribution < 1.29 is 8.42 Å². The van der Waals surface area contributed by atoms with E-state index in [4.69, 9.17) is 0 Å². The number of nitrogens with one attached hydrogen (secondary N) is 2. The molecule has 0 radical (unpaired) electrons. The first-order valence-electron chi connectivity index (χ1n) is 6.70. The molecule has 8 heteroatoms. The lowest BCUT2D eigenvalue weighted by Crippen LogP contribution is -2.12. The van der Waals surface area contributed by atoms with E-state index in [2.05, 4.69) is 15.1 Å². The molecular weight excluding hydrogens is 290 g/mol. The summed E-state index contributed by atoms with van der Waals surface area (Å²) in [5.74, 6) is 0. The van der Waals surface area contributed by atoms with Crippen LogP contribution in [0.2, 0.25) is 0 Å². The van der Waals surface area contributed by atoms with Crippen molar-refractivity contribution in [3.63, 3.8) is 0 Å². The van der Waals surface area contributed by atoms with Crippen molar-refractivity contribution in [1.82, 2.24) is 19.7 Å². The zero-order valence-corrected chi connectivity index (χ0v) is 13.5. The number of sulfonamides is 1. The normalized spacial score (nSPS) is 12.0. The molecule has 0 aromatic carbocycles. The third kappa shape index (κ3) is 3.45. The van der Waals surface area contributed by atoms with Gasteiger partial charge in [-0.25, -0.2) is 8.42 Å². The van der Waals surface area contributed by atoms with Crippen LogP contribution >= 0.6 is 0 Å². The molecule has 0 aliphatic rings. The van der Waals surface area contributed by atoms with Gasteiger partial charge in [-0.15, -0.1) is 0 Å². The molecule has 2 N–H and O–H groups in total. The Kier molecular flexibility index (Phi) is 4.38. The van der Waals surface area contributed by atoms with Gasteiger partial charge in [0, 0.05) is 37.7 Å². The second kappa shape index (κ2) is 5.90. The topological polar surface area (TPSA) is 81.0 Å². The van der Waals surface area contributed by atoms with Crippen LogP contribution in [0.1, 0.15) is 25.6 Å². The molecule has 0 unspecified atom stereocenters. The number of rotatable bonds is 6. The summed E-state index contributed by atoms with van der Waals surface area (Å²) in [6.45, 7) is 4.57. The van der Waals surface area contributed by atoms with Gasteiger partial charge in [-0.05, 0) is 27.0 Å². The van der Waals surface area contributed by atoms with Crippen LogP contribution in [0.3, 0.4) is 0 Å². The van der Waals surface area contributed by atoms with Crippen molar-refractivity contribution >= 4 is 15.7 Å². The highest BCUT2D eigenvalue weighted by molar-refractivity contribution is 7.92. The zero-order chi connectivity index (χ0) is 15.6. The smallest absolute Gasteiger partial charge is 0.263 e. The maximum Gasteiger partial charge on any atom is 0.263 e. The molecule has 21 heavy (non-hydrogen) atoms. The summed E-state index contributed by atoms with van der Waals surface area (Å²) >= 11 is 0. The van der Waals surface area contributed by atoms with Crippen molar-refractivity contribution in [2.45, 2.75) is 31.3 Å². The van der Waals surface area contributed by atoms with E-state index >= 15 is 0 Å². The van der Waals surface area contributed by atoms with Crippen LogP contribution in [0.5, 0.6) is 0 Å². The van der Waals surface area contributed by atoms with Crippen molar-refractivity contribution in [1.29, 1.82) is 0 Å². The van der Waals surface area contributed by atoms with Gasteiger partial charge in [0.2, 0.25) is 0 Å². The highest BCUT2D eigenvalue weighted by Gasteiger charge is 2.18. The predicted octanol–water partition coefficient (Wildman–Crippen LogP) is 1.32. The molecule has 0 saturated carbocycles. The number of nitrogens with zero attached hydrogens (tertiary/aromatic N) is 3. The van der Waals surface area contributed by atoms with Gasteiger partial charge >= 0.3 is 0 Å². The monoisotopic (exact) mass is 311 g/mol. The fourth-order valence-corrected chi connectivity index (χ4v) is 3.09. The Balaban J connectivity index is 2.23.